The molecule has 0 aliphatic rings. The molecule has 0 saturated carbocycles. The Balaban J connectivity index is 2.36. The number of benzene rings is 1. The summed E-state index contributed by atoms with van der Waals surface area (Å²) in [4.78, 5) is 23.4. The standard InChI is InChI=1S/C19H30N2O4/c1-14(2)24-13-16-9-7-6-8-15(16)12-21-17(22)10-11-20-18(23)25-19(3,4)5/h6-9,14H,10-13H2,1-5H3,(H,20,23)(H,21,22). The van der Waals surface area contributed by atoms with Crippen LogP contribution in [0.2, 0.25) is 0 Å². The van der Waals surface area contributed by atoms with Gasteiger partial charge in [-0.1, -0.05) is 24.3 Å². The molecule has 6 heteroatoms. The lowest BCUT2D eigenvalue weighted by atomic mass is 10.1. The highest BCUT2D eigenvalue weighted by atomic mass is 16.6. The number of hydrogen-bond donors (Lipinski definition) is 2. The summed E-state index contributed by atoms with van der Waals surface area (Å²) in [5.41, 5.74) is 1.54. The lowest BCUT2D eigenvalue weighted by Crippen LogP contribution is -2.35. The van der Waals surface area contributed by atoms with E-state index >= 15 is 0 Å². The highest BCUT2D eigenvalue weighted by molar-refractivity contribution is 5.77. The number of hydrogen-bond acceptors (Lipinski definition) is 4. The van der Waals surface area contributed by atoms with Gasteiger partial charge in [0.25, 0.3) is 0 Å². The van der Waals surface area contributed by atoms with Gasteiger partial charge in [-0.05, 0) is 45.7 Å². The van der Waals surface area contributed by atoms with E-state index in [2.05, 4.69) is 10.6 Å². The minimum absolute atomic E-state index is 0.129. The maximum atomic E-state index is 11.9. The van der Waals surface area contributed by atoms with Crippen LogP contribution in [0.1, 0.15) is 52.2 Å². The van der Waals surface area contributed by atoms with Crippen molar-refractivity contribution in [3.8, 4) is 0 Å². The molecule has 0 radical (unpaired) electrons. The van der Waals surface area contributed by atoms with Gasteiger partial charge in [-0.15, -0.1) is 0 Å². The van der Waals surface area contributed by atoms with Crippen molar-refractivity contribution in [1.29, 1.82) is 0 Å². The SMILES string of the molecule is CC(C)OCc1ccccc1CNC(=O)CCNC(=O)OC(C)(C)C. The molecule has 140 valence electrons. The van der Waals surface area contributed by atoms with Crippen molar-refractivity contribution >= 4 is 12.0 Å². The maximum absolute atomic E-state index is 11.9. The molecule has 0 spiro atoms. The summed E-state index contributed by atoms with van der Waals surface area (Å²) < 4.78 is 10.7. The Labute approximate surface area is 150 Å². The van der Waals surface area contributed by atoms with Crippen molar-refractivity contribution in [3.05, 3.63) is 35.4 Å². The van der Waals surface area contributed by atoms with Crippen LogP contribution >= 0.6 is 0 Å². The Kier molecular flexibility index (Phi) is 8.41. The molecule has 1 aromatic rings. The van der Waals surface area contributed by atoms with Gasteiger partial charge in [0.05, 0.1) is 12.7 Å². The first-order valence-electron chi connectivity index (χ1n) is 8.59. The topological polar surface area (TPSA) is 76.7 Å². The molecular formula is C19H30N2O4. The number of alkyl carbamates (subject to hydrolysis) is 1. The van der Waals surface area contributed by atoms with Crippen molar-refractivity contribution in [2.75, 3.05) is 6.54 Å². The molecule has 2 N–H and O–H groups in total. The first-order valence-corrected chi connectivity index (χ1v) is 8.59. The van der Waals surface area contributed by atoms with E-state index < -0.39 is 11.7 Å². The van der Waals surface area contributed by atoms with E-state index in [9.17, 15) is 9.59 Å². The van der Waals surface area contributed by atoms with Gasteiger partial charge in [0.1, 0.15) is 5.60 Å². The third-order valence-electron chi connectivity index (χ3n) is 3.19. The van der Waals surface area contributed by atoms with E-state index in [-0.39, 0.29) is 25.0 Å². The third-order valence-corrected chi connectivity index (χ3v) is 3.19. The maximum Gasteiger partial charge on any atom is 0.407 e. The van der Waals surface area contributed by atoms with Gasteiger partial charge in [0.2, 0.25) is 5.91 Å². The molecule has 1 aromatic carbocycles. The summed E-state index contributed by atoms with van der Waals surface area (Å²) in [6.45, 7) is 10.5. The van der Waals surface area contributed by atoms with Crippen molar-refractivity contribution in [2.45, 2.75) is 65.9 Å². The zero-order chi connectivity index (χ0) is 18.9. The fraction of sp³-hybridized carbons (Fsp3) is 0.579. The Morgan fingerprint density at radius 1 is 1.08 bits per heavy atom. The number of amides is 2. The van der Waals surface area contributed by atoms with Crippen LogP contribution in [-0.4, -0.2) is 30.3 Å². The highest BCUT2D eigenvalue weighted by Crippen LogP contribution is 2.11. The van der Waals surface area contributed by atoms with Gasteiger partial charge >= 0.3 is 6.09 Å². The van der Waals surface area contributed by atoms with Crippen LogP contribution in [0.5, 0.6) is 0 Å². The van der Waals surface area contributed by atoms with Crippen LogP contribution < -0.4 is 10.6 Å². The molecule has 0 heterocycles. The zero-order valence-corrected chi connectivity index (χ0v) is 15.8. The van der Waals surface area contributed by atoms with Crippen LogP contribution in [0.3, 0.4) is 0 Å². The summed E-state index contributed by atoms with van der Waals surface area (Å²) in [5.74, 6) is -0.129. The van der Waals surface area contributed by atoms with Crippen LogP contribution in [0, 0.1) is 0 Å². The van der Waals surface area contributed by atoms with Crippen molar-refractivity contribution in [1.82, 2.24) is 10.6 Å². The van der Waals surface area contributed by atoms with Crippen molar-refractivity contribution in [2.24, 2.45) is 0 Å². The normalized spacial score (nSPS) is 11.3. The predicted octanol–water partition coefficient (Wildman–Crippen LogP) is 3.14. The van der Waals surface area contributed by atoms with Gasteiger partial charge in [-0.2, -0.15) is 0 Å². The zero-order valence-electron chi connectivity index (χ0n) is 15.8. The molecule has 25 heavy (non-hydrogen) atoms. The Morgan fingerprint density at radius 3 is 2.32 bits per heavy atom. The molecule has 0 aliphatic carbocycles. The van der Waals surface area contributed by atoms with Crippen LogP contribution in [-0.2, 0) is 27.4 Å². The molecule has 0 saturated heterocycles. The summed E-state index contributed by atoms with van der Waals surface area (Å²) in [7, 11) is 0. The molecule has 0 fully saturated rings. The molecule has 0 aromatic heterocycles. The summed E-state index contributed by atoms with van der Waals surface area (Å²) >= 11 is 0. The minimum atomic E-state index is -0.548. The van der Waals surface area contributed by atoms with Gasteiger partial charge < -0.3 is 20.1 Å². The Morgan fingerprint density at radius 2 is 1.72 bits per heavy atom. The summed E-state index contributed by atoms with van der Waals surface area (Å²) in [6, 6.07) is 7.85. The molecule has 1 rings (SSSR count). The average Bonchev–Trinajstić information content (AvgIpc) is 2.49. The van der Waals surface area contributed by atoms with Crippen molar-refractivity contribution < 1.29 is 19.1 Å². The van der Waals surface area contributed by atoms with Gasteiger partial charge in [-0.25, -0.2) is 4.79 Å². The molecule has 6 nitrogen and oxygen atoms in total. The Bertz CT molecular complexity index is 565. The largest absolute Gasteiger partial charge is 0.444 e. The summed E-state index contributed by atoms with van der Waals surface area (Å²) in [5, 5.41) is 5.43. The van der Waals surface area contributed by atoms with E-state index in [1.54, 1.807) is 20.8 Å². The lowest BCUT2D eigenvalue weighted by molar-refractivity contribution is -0.121. The first kappa shape index (κ1) is 21.0. The van der Waals surface area contributed by atoms with Gasteiger partial charge in [-0.3, -0.25) is 4.79 Å². The molecule has 0 bridgehead atoms. The first-order chi connectivity index (χ1) is 11.7. The van der Waals surface area contributed by atoms with E-state index in [0.29, 0.717) is 13.2 Å². The quantitative estimate of drug-likeness (QED) is 0.755. The number of ether oxygens (including phenoxy) is 2. The second-order valence-corrected chi connectivity index (χ2v) is 7.08. The van der Waals surface area contributed by atoms with Crippen LogP contribution in [0.25, 0.3) is 0 Å². The fourth-order valence-corrected chi connectivity index (χ4v) is 2.00. The number of nitrogens with one attached hydrogen (secondary N) is 2. The van der Waals surface area contributed by atoms with E-state index in [1.165, 1.54) is 0 Å². The highest BCUT2D eigenvalue weighted by Gasteiger charge is 2.15. The Hall–Kier alpha value is -2.08. The molecular weight excluding hydrogens is 320 g/mol. The van der Waals surface area contributed by atoms with E-state index in [4.69, 9.17) is 9.47 Å². The number of carbonyl (C=O) groups is 2. The smallest absolute Gasteiger partial charge is 0.407 e. The van der Waals surface area contributed by atoms with E-state index in [0.717, 1.165) is 11.1 Å². The van der Waals surface area contributed by atoms with Gasteiger partial charge in [0.15, 0.2) is 0 Å². The molecule has 0 unspecified atom stereocenters. The third kappa shape index (κ3) is 9.72. The minimum Gasteiger partial charge on any atom is -0.444 e. The molecule has 0 aliphatic heterocycles. The fourth-order valence-electron chi connectivity index (χ4n) is 2.00. The lowest BCUT2D eigenvalue weighted by Gasteiger charge is -2.19. The second-order valence-electron chi connectivity index (χ2n) is 7.08. The van der Waals surface area contributed by atoms with Crippen LogP contribution in [0.4, 0.5) is 4.79 Å². The molecule has 2 amide bonds. The van der Waals surface area contributed by atoms with E-state index in [1.807, 2.05) is 38.1 Å². The second kappa shape index (κ2) is 10.0. The van der Waals surface area contributed by atoms with Crippen LogP contribution in [0.15, 0.2) is 24.3 Å². The average molecular weight is 350 g/mol. The number of rotatable bonds is 8. The van der Waals surface area contributed by atoms with Crippen molar-refractivity contribution in [3.63, 3.8) is 0 Å². The van der Waals surface area contributed by atoms with Gasteiger partial charge in [0, 0.05) is 19.5 Å². The molecule has 0 atom stereocenters. The number of carbonyl (C=O) groups excluding carboxylic acids is 2. The monoisotopic (exact) mass is 350 g/mol. The predicted molar refractivity (Wildman–Crippen MR) is 97.1 cm³/mol. The summed E-state index contributed by atoms with van der Waals surface area (Å²) in [6.07, 6.45) is -0.165.